The van der Waals surface area contributed by atoms with Crippen LogP contribution in [0.15, 0.2) is 24.3 Å². The zero-order valence-corrected chi connectivity index (χ0v) is 9.25. The first-order valence-corrected chi connectivity index (χ1v) is 4.92. The number of aromatic amines is 1. The van der Waals surface area contributed by atoms with E-state index in [9.17, 15) is 0 Å². The van der Waals surface area contributed by atoms with Crippen LogP contribution in [0.2, 0.25) is 5.02 Å². The number of nitrogens with zero attached hydrogens (tertiary/aromatic N) is 2. The average Bonchev–Trinajstić information content (AvgIpc) is 2.77. The van der Waals surface area contributed by atoms with Gasteiger partial charge in [0, 0.05) is 11.6 Å². The molecule has 0 spiro atoms. The highest BCUT2D eigenvalue weighted by Crippen LogP contribution is 2.29. The number of rotatable bonds is 2. The minimum atomic E-state index is 0.349. The maximum absolute atomic E-state index is 8.66. The number of nitriles is 1. The van der Waals surface area contributed by atoms with E-state index in [1.54, 1.807) is 25.3 Å². The van der Waals surface area contributed by atoms with Gasteiger partial charge in [0.1, 0.15) is 11.8 Å². The molecule has 0 aliphatic carbocycles. The Kier molecular flexibility index (Phi) is 2.80. The van der Waals surface area contributed by atoms with Crippen molar-refractivity contribution >= 4 is 11.6 Å². The van der Waals surface area contributed by atoms with Crippen molar-refractivity contribution in [2.75, 3.05) is 7.11 Å². The Morgan fingerprint density at radius 2 is 2.25 bits per heavy atom. The fourth-order valence-electron chi connectivity index (χ4n) is 1.36. The van der Waals surface area contributed by atoms with Crippen molar-refractivity contribution in [1.29, 1.82) is 5.26 Å². The molecule has 1 N–H and O–H groups in total. The summed E-state index contributed by atoms with van der Waals surface area (Å²) in [5.41, 5.74) is 1.96. The van der Waals surface area contributed by atoms with Crippen molar-refractivity contribution in [1.82, 2.24) is 10.2 Å². The minimum absolute atomic E-state index is 0.349. The number of H-pyrrole nitrogens is 1. The van der Waals surface area contributed by atoms with Crippen LogP contribution in [0.4, 0.5) is 0 Å². The van der Waals surface area contributed by atoms with Crippen LogP contribution in [0, 0.1) is 11.3 Å². The van der Waals surface area contributed by atoms with Gasteiger partial charge in [0.05, 0.1) is 17.8 Å². The van der Waals surface area contributed by atoms with E-state index in [-0.39, 0.29) is 0 Å². The van der Waals surface area contributed by atoms with Gasteiger partial charge in [-0.3, -0.25) is 5.10 Å². The quantitative estimate of drug-likeness (QED) is 0.867. The van der Waals surface area contributed by atoms with Gasteiger partial charge in [-0.1, -0.05) is 11.6 Å². The van der Waals surface area contributed by atoms with E-state index >= 15 is 0 Å². The number of halogens is 1. The topological polar surface area (TPSA) is 61.7 Å². The first-order valence-electron chi connectivity index (χ1n) is 4.54. The van der Waals surface area contributed by atoms with Crippen LogP contribution in [-0.2, 0) is 0 Å². The van der Waals surface area contributed by atoms with Crippen LogP contribution >= 0.6 is 11.6 Å². The molecule has 0 atom stereocenters. The van der Waals surface area contributed by atoms with Gasteiger partial charge in [-0.15, -0.1) is 0 Å². The zero-order chi connectivity index (χ0) is 11.5. The molecule has 1 heterocycles. The van der Waals surface area contributed by atoms with Crippen molar-refractivity contribution in [2.45, 2.75) is 0 Å². The number of aromatic nitrogens is 2. The molecule has 2 rings (SSSR count). The van der Waals surface area contributed by atoms with Crippen LogP contribution < -0.4 is 4.74 Å². The van der Waals surface area contributed by atoms with Crippen LogP contribution in [0.25, 0.3) is 11.3 Å². The van der Waals surface area contributed by atoms with Crippen LogP contribution in [0.3, 0.4) is 0 Å². The highest BCUT2D eigenvalue weighted by molar-refractivity contribution is 6.32. The van der Waals surface area contributed by atoms with Crippen LogP contribution in [-0.4, -0.2) is 17.3 Å². The molecule has 0 unspecified atom stereocenters. The third-order valence-electron chi connectivity index (χ3n) is 2.16. The monoisotopic (exact) mass is 233 g/mol. The molecule has 0 bridgehead atoms. The third-order valence-corrected chi connectivity index (χ3v) is 2.45. The van der Waals surface area contributed by atoms with Gasteiger partial charge in [-0.2, -0.15) is 10.4 Å². The fourth-order valence-corrected chi connectivity index (χ4v) is 1.62. The standard InChI is InChI=1S/C11H8ClN3O/c1-16-11-3-2-7(4-9(11)12)10-5-8(6-13)14-15-10/h2-5H,1H3,(H,14,15). The SMILES string of the molecule is COc1ccc(-c2cc(C#N)n[nH]2)cc1Cl. The Bertz CT molecular complexity index is 557. The smallest absolute Gasteiger partial charge is 0.162 e. The summed E-state index contributed by atoms with van der Waals surface area (Å²) < 4.78 is 5.05. The molecule has 80 valence electrons. The largest absolute Gasteiger partial charge is 0.495 e. The molecule has 2 aromatic rings. The molecule has 4 nitrogen and oxygen atoms in total. The average molecular weight is 234 g/mol. The molecule has 0 amide bonds. The molecule has 1 aromatic carbocycles. The van der Waals surface area contributed by atoms with E-state index in [4.69, 9.17) is 21.6 Å². The number of methoxy groups -OCH3 is 1. The number of hydrogen-bond donors (Lipinski definition) is 1. The molecule has 0 aliphatic heterocycles. The van der Waals surface area contributed by atoms with Crippen molar-refractivity contribution in [3.8, 4) is 23.1 Å². The second-order valence-corrected chi connectivity index (χ2v) is 3.54. The van der Waals surface area contributed by atoms with E-state index in [1.165, 1.54) is 0 Å². The molecular weight excluding hydrogens is 226 g/mol. The van der Waals surface area contributed by atoms with E-state index in [0.29, 0.717) is 16.5 Å². The lowest BCUT2D eigenvalue weighted by atomic mass is 10.1. The van der Waals surface area contributed by atoms with Crippen LogP contribution in [0.5, 0.6) is 5.75 Å². The van der Waals surface area contributed by atoms with Crippen molar-refractivity contribution < 1.29 is 4.74 Å². The van der Waals surface area contributed by atoms with Gasteiger partial charge in [-0.25, -0.2) is 0 Å². The predicted octanol–water partition coefficient (Wildman–Crippen LogP) is 2.61. The lowest BCUT2D eigenvalue weighted by Crippen LogP contribution is -1.85. The molecule has 0 saturated carbocycles. The summed E-state index contributed by atoms with van der Waals surface area (Å²) in [7, 11) is 1.56. The molecule has 1 aromatic heterocycles. The van der Waals surface area contributed by atoms with E-state index in [2.05, 4.69) is 10.2 Å². The van der Waals surface area contributed by atoms with Gasteiger partial charge in [0.2, 0.25) is 0 Å². The Morgan fingerprint density at radius 1 is 1.44 bits per heavy atom. The summed E-state index contributed by atoms with van der Waals surface area (Å²) in [4.78, 5) is 0. The number of nitrogens with one attached hydrogen (secondary N) is 1. The third kappa shape index (κ3) is 1.86. The van der Waals surface area contributed by atoms with Gasteiger partial charge in [-0.05, 0) is 18.2 Å². The highest BCUT2D eigenvalue weighted by atomic mass is 35.5. The summed E-state index contributed by atoms with van der Waals surface area (Å²) in [6.45, 7) is 0. The second kappa shape index (κ2) is 4.25. The lowest BCUT2D eigenvalue weighted by molar-refractivity contribution is 0.415. The Balaban J connectivity index is 2.42. The Morgan fingerprint density at radius 3 is 2.81 bits per heavy atom. The summed E-state index contributed by atoms with van der Waals surface area (Å²) in [6.07, 6.45) is 0. The van der Waals surface area contributed by atoms with Crippen LogP contribution in [0.1, 0.15) is 5.69 Å². The minimum Gasteiger partial charge on any atom is -0.495 e. The van der Waals surface area contributed by atoms with E-state index in [0.717, 1.165) is 11.3 Å². The van der Waals surface area contributed by atoms with Gasteiger partial charge < -0.3 is 4.74 Å². The molecule has 0 radical (unpaired) electrons. The Hall–Kier alpha value is -1.99. The first kappa shape index (κ1) is 10.5. The summed E-state index contributed by atoms with van der Waals surface area (Å²) >= 11 is 6.00. The summed E-state index contributed by atoms with van der Waals surface area (Å²) in [6, 6.07) is 8.99. The van der Waals surface area contributed by atoms with Crippen molar-refractivity contribution in [2.24, 2.45) is 0 Å². The number of benzene rings is 1. The lowest BCUT2D eigenvalue weighted by Gasteiger charge is -2.04. The number of ether oxygens (including phenoxy) is 1. The van der Waals surface area contributed by atoms with Crippen molar-refractivity contribution in [3.05, 3.63) is 35.0 Å². The molecule has 0 fully saturated rings. The molecule has 16 heavy (non-hydrogen) atoms. The van der Waals surface area contributed by atoms with Gasteiger partial charge in [0.25, 0.3) is 0 Å². The fraction of sp³-hybridized carbons (Fsp3) is 0.0909. The normalized spacial score (nSPS) is 9.81. The van der Waals surface area contributed by atoms with Gasteiger partial charge in [0.15, 0.2) is 5.69 Å². The first-order chi connectivity index (χ1) is 7.74. The predicted molar refractivity (Wildman–Crippen MR) is 60.3 cm³/mol. The number of hydrogen-bond acceptors (Lipinski definition) is 3. The van der Waals surface area contributed by atoms with E-state index < -0.39 is 0 Å². The molecule has 0 saturated heterocycles. The zero-order valence-electron chi connectivity index (χ0n) is 8.49. The second-order valence-electron chi connectivity index (χ2n) is 3.13. The van der Waals surface area contributed by atoms with E-state index in [1.807, 2.05) is 12.1 Å². The maximum Gasteiger partial charge on any atom is 0.162 e. The molecular formula is C11H8ClN3O. The Labute approximate surface area is 97.4 Å². The summed E-state index contributed by atoms with van der Waals surface area (Å²) in [5, 5.41) is 15.8. The highest BCUT2D eigenvalue weighted by Gasteiger charge is 2.06. The van der Waals surface area contributed by atoms with Crippen molar-refractivity contribution in [3.63, 3.8) is 0 Å². The maximum atomic E-state index is 8.66. The van der Waals surface area contributed by atoms with Gasteiger partial charge >= 0.3 is 0 Å². The molecule has 0 aliphatic rings. The summed E-state index contributed by atoms with van der Waals surface area (Å²) in [5.74, 6) is 0.616. The molecule has 5 heteroatoms.